The van der Waals surface area contributed by atoms with Crippen LogP contribution in [-0.4, -0.2) is 23.6 Å². The second kappa shape index (κ2) is 5.22. The van der Waals surface area contributed by atoms with Crippen LogP contribution in [-0.2, 0) is 5.41 Å². The molecule has 0 bridgehead atoms. The van der Waals surface area contributed by atoms with Crippen molar-refractivity contribution < 1.29 is 4.74 Å². The molecule has 0 aliphatic heterocycles. The molecule has 1 aliphatic rings. The van der Waals surface area contributed by atoms with Gasteiger partial charge in [0.2, 0.25) is 0 Å². The summed E-state index contributed by atoms with van der Waals surface area (Å²) in [4.78, 5) is 7.99. The molecule has 3 rings (SSSR count). The number of imidazole rings is 1. The highest BCUT2D eigenvalue weighted by Gasteiger charge is 2.40. The summed E-state index contributed by atoms with van der Waals surface area (Å²) in [7, 11) is 1.68. The first-order valence-corrected chi connectivity index (χ1v) is 7.57. The van der Waals surface area contributed by atoms with Crippen LogP contribution in [0.4, 0.5) is 0 Å². The fourth-order valence-corrected chi connectivity index (χ4v) is 3.12. The lowest BCUT2D eigenvalue weighted by molar-refractivity contribution is 0.240. The van der Waals surface area contributed by atoms with Crippen LogP contribution in [0.25, 0.3) is 11.3 Å². The lowest BCUT2D eigenvalue weighted by Gasteiger charge is -2.39. The van der Waals surface area contributed by atoms with Crippen molar-refractivity contribution in [1.82, 2.24) is 9.97 Å². The van der Waals surface area contributed by atoms with E-state index in [1.807, 2.05) is 24.4 Å². The lowest BCUT2D eigenvalue weighted by Crippen LogP contribution is -2.42. The highest BCUT2D eigenvalue weighted by Crippen LogP contribution is 2.42. The third kappa shape index (κ3) is 2.15. The molecule has 0 unspecified atom stereocenters. The maximum Gasteiger partial charge on any atom is 0.128 e. The van der Waals surface area contributed by atoms with Crippen molar-refractivity contribution in [3.8, 4) is 17.0 Å². The molecule has 0 amide bonds. The van der Waals surface area contributed by atoms with Gasteiger partial charge in [0.25, 0.3) is 0 Å². The first-order chi connectivity index (χ1) is 9.68. The van der Waals surface area contributed by atoms with Gasteiger partial charge in [-0.2, -0.15) is 0 Å². The number of methoxy groups -OCH3 is 1. The number of aromatic nitrogens is 2. The standard InChI is InChI=1S/C15H18BrN3O/c1-20-13-4-3-10(16)7-11(13)12-8-18-14(19-12)15(9-17)5-2-6-15/h3-4,7-8H,2,5-6,9,17H2,1H3,(H,18,19). The SMILES string of the molecule is COc1ccc(Br)cc1-c1cnc(C2(CN)CCC2)[nH]1. The Labute approximate surface area is 126 Å². The molecular weight excluding hydrogens is 318 g/mol. The van der Waals surface area contributed by atoms with E-state index in [1.165, 1.54) is 6.42 Å². The van der Waals surface area contributed by atoms with Gasteiger partial charge in [-0.05, 0) is 31.0 Å². The minimum Gasteiger partial charge on any atom is -0.496 e. The van der Waals surface area contributed by atoms with E-state index in [0.717, 1.165) is 40.1 Å². The van der Waals surface area contributed by atoms with Gasteiger partial charge < -0.3 is 15.5 Å². The maximum absolute atomic E-state index is 5.94. The predicted molar refractivity (Wildman–Crippen MR) is 82.9 cm³/mol. The number of nitrogens with one attached hydrogen (secondary N) is 1. The van der Waals surface area contributed by atoms with Crippen LogP contribution in [0.15, 0.2) is 28.9 Å². The predicted octanol–water partition coefficient (Wildman–Crippen LogP) is 3.23. The van der Waals surface area contributed by atoms with Gasteiger partial charge in [-0.15, -0.1) is 0 Å². The van der Waals surface area contributed by atoms with E-state index in [0.29, 0.717) is 6.54 Å². The molecule has 4 nitrogen and oxygen atoms in total. The minimum atomic E-state index is 0.0531. The normalized spacial score (nSPS) is 16.8. The van der Waals surface area contributed by atoms with Crippen LogP contribution in [0, 0.1) is 0 Å². The summed E-state index contributed by atoms with van der Waals surface area (Å²) in [6.07, 6.45) is 5.33. The monoisotopic (exact) mass is 335 g/mol. The van der Waals surface area contributed by atoms with Gasteiger partial charge in [0.05, 0.1) is 19.0 Å². The molecule has 20 heavy (non-hydrogen) atoms. The Morgan fingerprint density at radius 1 is 1.45 bits per heavy atom. The summed E-state index contributed by atoms with van der Waals surface area (Å²) in [5, 5.41) is 0. The maximum atomic E-state index is 5.94. The van der Waals surface area contributed by atoms with Crippen molar-refractivity contribution in [3.63, 3.8) is 0 Å². The van der Waals surface area contributed by atoms with E-state index in [2.05, 4.69) is 25.9 Å². The minimum absolute atomic E-state index is 0.0531. The summed E-state index contributed by atoms with van der Waals surface area (Å²) in [5.74, 6) is 1.84. The molecular formula is C15H18BrN3O. The molecule has 1 aromatic heterocycles. The first-order valence-electron chi connectivity index (χ1n) is 6.78. The van der Waals surface area contributed by atoms with Crippen LogP contribution in [0.2, 0.25) is 0 Å². The Morgan fingerprint density at radius 3 is 2.85 bits per heavy atom. The Kier molecular flexibility index (Phi) is 3.56. The second-order valence-electron chi connectivity index (χ2n) is 5.33. The Bertz CT molecular complexity index is 614. The van der Waals surface area contributed by atoms with Crippen molar-refractivity contribution in [2.45, 2.75) is 24.7 Å². The second-order valence-corrected chi connectivity index (χ2v) is 6.24. The van der Waals surface area contributed by atoms with Crippen LogP contribution in [0.1, 0.15) is 25.1 Å². The van der Waals surface area contributed by atoms with Crippen LogP contribution in [0.3, 0.4) is 0 Å². The number of nitrogens with two attached hydrogens (primary N) is 1. The largest absolute Gasteiger partial charge is 0.496 e. The van der Waals surface area contributed by atoms with Gasteiger partial charge in [0.1, 0.15) is 11.6 Å². The van der Waals surface area contributed by atoms with Crippen molar-refractivity contribution >= 4 is 15.9 Å². The molecule has 5 heteroatoms. The molecule has 0 spiro atoms. The Morgan fingerprint density at radius 2 is 2.25 bits per heavy atom. The van der Waals surface area contributed by atoms with Crippen molar-refractivity contribution in [2.75, 3.05) is 13.7 Å². The molecule has 1 fully saturated rings. The molecule has 1 aromatic carbocycles. The average Bonchev–Trinajstić information content (AvgIpc) is 2.88. The topological polar surface area (TPSA) is 63.9 Å². The van der Waals surface area contributed by atoms with Crippen molar-refractivity contribution in [3.05, 3.63) is 34.7 Å². The molecule has 1 saturated carbocycles. The molecule has 3 N–H and O–H groups in total. The van der Waals surface area contributed by atoms with Gasteiger partial charge in [-0.25, -0.2) is 4.98 Å². The molecule has 0 atom stereocenters. The summed E-state index contributed by atoms with van der Waals surface area (Å²) >= 11 is 3.50. The average molecular weight is 336 g/mol. The van der Waals surface area contributed by atoms with Gasteiger partial charge in [-0.3, -0.25) is 0 Å². The fourth-order valence-electron chi connectivity index (χ4n) is 2.76. The number of nitrogens with zero attached hydrogens (tertiary/aromatic N) is 1. The summed E-state index contributed by atoms with van der Waals surface area (Å²) in [5.41, 5.74) is 7.97. The number of rotatable bonds is 4. The molecule has 1 aliphatic carbocycles. The molecule has 0 saturated heterocycles. The van der Waals surface area contributed by atoms with E-state index < -0.39 is 0 Å². The zero-order valence-corrected chi connectivity index (χ0v) is 13.0. The fraction of sp³-hybridized carbons (Fsp3) is 0.400. The Hall–Kier alpha value is -1.33. The Balaban J connectivity index is 2.00. The number of aromatic amines is 1. The van der Waals surface area contributed by atoms with E-state index >= 15 is 0 Å². The zero-order valence-electron chi connectivity index (χ0n) is 11.4. The molecule has 106 valence electrons. The number of H-pyrrole nitrogens is 1. The number of hydrogen-bond acceptors (Lipinski definition) is 3. The summed E-state index contributed by atoms with van der Waals surface area (Å²) < 4.78 is 6.44. The van der Waals surface area contributed by atoms with Gasteiger partial charge in [0, 0.05) is 22.0 Å². The van der Waals surface area contributed by atoms with E-state index in [4.69, 9.17) is 10.5 Å². The number of hydrogen-bond donors (Lipinski definition) is 2. The smallest absolute Gasteiger partial charge is 0.128 e. The zero-order chi connectivity index (χ0) is 14.2. The van der Waals surface area contributed by atoms with Gasteiger partial charge >= 0.3 is 0 Å². The van der Waals surface area contributed by atoms with Crippen LogP contribution >= 0.6 is 15.9 Å². The summed E-state index contributed by atoms with van der Waals surface area (Å²) in [6.45, 7) is 0.648. The van der Waals surface area contributed by atoms with E-state index in [1.54, 1.807) is 7.11 Å². The van der Waals surface area contributed by atoms with Crippen LogP contribution < -0.4 is 10.5 Å². The molecule has 0 radical (unpaired) electrons. The highest BCUT2D eigenvalue weighted by atomic mass is 79.9. The van der Waals surface area contributed by atoms with Crippen molar-refractivity contribution in [1.29, 1.82) is 0 Å². The highest BCUT2D eigenvalue weighted by molar-refractivity contribution is 9.10. The number of halogens is 1. The third-order valence-electron chi connectivity index (χ3n) is 4.23. The third-order valence-corrected chi connectivity index (χ3v) is 4.72. The first kappa shape index (κ1) is 13.6. The lowest BCUT2D eigenvalue weighted by atomic mass is 9.68. The molecule has 1 heterocycles. The molecule has 2 aromatic rings. The van der Waals surface area contributed by atoms with Crippen molar-refractivity contribution in [2.24, 2.45) is 5.73 Å². The quantitative estimate of drug-likeness (QED) is 0.901. The van der Waals surface area contributed by atoms with E-state index in [-0.39, 0.29) is 5.41 Å². The van der Waals surface area contributed by atoms with E-state index in [9.17, 15) is 0 Å². The van der Waals surface area contributed by atoms with Gasteiger partial charge in [0.15, 0.2) is 0 Å². The van der Waals surface area contributed by atoms with Crippen LogP contribution in [0.5, 0.6) is 5.75 Å². The number of ether oxygens (including phenoxy) is 1. The van der Waals surface area contributed by atoms with Gasteiger partial charge in [-0.1, -0.05) is 22.4 Å². The number of benzene rings is 1. The summed E-state index contributed by atoms with van der Waals surface area (Å²) in [6, 6.07) is 5.95.